The maximum absolute atomic E-state index is 13.3. The first-order chi connectivity index (χ1) is 19.9. The van der Waals surface area contributed by atoms with Crippen LogP contribution in [0.1, 0.15) is 58.5 Å². The van der Waals surface area contributed by atoms with Crippen LogP contribution in [0.5, 0.6) is 11.5 Å². The standard InChI is InChI=1S/C30H33F2N5O4/c31-30(32)40-26-11-10-22(19-27(26)41-30)36-28(38)23-8-3-4-9-24(23)35-20-21-12-14-33-25(18-21)29(39)34-13-7-17-37-15-5-1-2-6-16-37/h3-4,8-12,14,18-19,35H,1-2,5-7,13,15-17,20H2,(H,34,39)(H,36,38). The van der Waals surface area contributed by atoms with Crippen molar-refractivity contribution in [2.45, 2.75) is 44.9 Å². The fourth-order valence-electron chi connectivity index (χ4n) is 4.92. The highest BCUT2D eigenvalue weighted by atomic mass is 19.3. The van der Waals surface area contributed by atoms with Crippen LogP contribution in [-0.2, 0) is 6.54 Å². The summed E-state index contributed by atoms with van der Waals surface area (Å²) in [6.07, 6.45) is 3.84. The second-order valence-electron chi connectivity index (χ2n) is 10.1. The molecule has 0 atom stereocenters. The van der Waals surface area contributed by atoms with Crippen molar-refractivity contribution in [1.29, 1.82) is 0 Å². The Hall–Kier alpha value is -4.25. The summed E-state index contributed by atoms with van der Waals surface area (Å²) in [5, 5.41) is 8.90. The van der Waals surface area contributed by atoms with Gasteiger partial charge in [-0.25, -0.2) is 0 Å². The van der Waals surface area contributed by atoms with Gasteiger partial charge in [0.05, 0.1) is 5.56 Å². The van der Waals surface area contributed by atoms with Gasteiger partial charge < -0.3 is 30.3 Å². The molecule has 2 amide bonds. The van der Waals surface area contributed by atoms with Gasteiger partial charge >= 0.3 is 6.29 Å². The van der Waals surface area contributed by atoms with Gasteiger partial charge in [0.2, 0.25) is 0 Å². The summed E-state index contributed by atoms with van der Waals surface area (Å²) in [4.78, 5) is 32.4. The first-order valence-corrected chi connectivity index (χ1v) is 13.9. The Morgan fingerprint density at radius 1 is 0.927 bits per heavy atom. The number of nitrogens with zero attached hydrogens (tertiary/aromatic N) is 2. The second-order valence-corrected chi connectivity index (χ2v) is 10.1. The highest BCUT2D eigenvalue weighted by Crippen LogP contribution is 2.42. The second kappa shape index (κ2) is 12.9. The maximum Gasteiger partial charge on any atom is 0.586 e. The lowest BCUT2D eigenvalue weighted by Gasteiger charge is -2.19. The summed E-state index contributed by atoms with van der Waals surface area (Å²) in [6.45, 7) is 4.19. The quantitative estimate of drug-likeness (QED) is 0.288. The van der Waals surface area contributed by atoms with Gasteiger partial charge in [0.1, 0.15) is 5.69 Å². The van der Waals surface area contributed by atoms with Crippen molar-refractivity contribution in [2.75, 3.05) is 36.8 Å². The van der Waals surface area contributed by atoms with Crippen LogP contribution in [0.25, 0.3) is 0 Å². The number of hydrogen-bond donors (Lipinski definition) is 3. The number of carbonyl (C=O) groups excluding carboxylic acids is 2. The zero-order valence-electron chi connectivity index (χ0n) is 22.6. The van der Waals surface area contributed by atoms with Gasteiger partial charge in [-0.05, 0) is 80.9 Å². The number of benzene rings is 2. The van der Waals surface area contributed by atoms with E-state index in [2.05, 4.69) is 35.3 Å². The molecule has 3 N–H and O–H groups in total. The van der Waals surface area contributed by atoms with Crippen molar-refractivity contribution in [3.8, 4) is 11.5 Å². The van der Waals surface area contributed by atoms with Crippen molar-refractivity contribution < 1.29 is 27.8 Å². The number of hydrogen-bond acceptors (Lipinski definition) is 7. The topological polar surface area (TPSA) is 105 Å². The van der Waals surface area contributed by atoms with Gasteiger partial charge in [0.25, 0.3) is 11.8 Å². The van der Waals surface area contributed by atoms with Crippen LogP contribution in [-0.4, -0.2) is 54.2 Å². The third-order valence-corrected chi connectivity index (χ3v) is 7.01. The van der Waals surface area contributed by atoms with Gasteiger partial charge in [-0.2, -0.15) is 0 Å². The molecule has 0 saturated carbocycles. The summed E-state index contributed by atoms with van der Waals surface area (Å²) in [6, 6.07) is 14.5. The normalized spacial score (nSPS) is 16.0. The number of amides is 2. The molecule has 0 unspecified atom stereocenters. The average Bonchev–Trinajstić information content (AvgIpc) is 3.10. The minimum absolute atomic E-state index is 0.103. The van der Waals surface area contributed by atoms with E-state index in [9.17, 15) is 18.4 Å². The van der Waals surface area contributed by atoms with E-state index in [1.807, 2.05) is 0 Å². The van der Waals surface area contributed by atoms with Crippen LogP contribution in [0.15, 0.2) is 60.8 Å². The number of halogens is 2. The number of likely N-dealkylation sites (tertiary alicyclic amines) is 1. The van der Waals surface area contributed by atoms with Crippen LogP contribution >= 0.6 is 0 Å². The number of carbonyl (C=O) groups is 2. The third kappa shape index (κ3) is 7.69. The lowest BCUT2D eigenvalue weighted by atomic mass is 10.1. The zero-order chi connectivity index (χ0) is 28.7. The number of anilines is 2. The zero-order valence-corrected chi connectivity index (χ0v) is 22.6. The molecular weight excluding hydrogens is 532 g/mol. The van der Waals surface area contributed by atoms with Crippen molar-refractivity contribution in [2.24, 2.45) is 0 Å². The number of rotatable bonds is 10. The van der Waals surface area contributed by atoms with E-state index in [1.54, 1.807) is 42.6 Å². The number of pyridine rings is 1. The summed E-state index contributed by atoms with van der Waals surface area (Å²) < 4.78 is 35.5. The Morgan fingerprint density at radius 2 is 1.71 bits per heavy atom. The molecule has 0 bridgehead atoms. The Balaban J connectivity index is 1.14. The van der Waals surface area contributed by atoms with E-state index >= 15 is 0 Å². The number of ether oxygens (including phenoxy) is 2. The molecule has 5 rings (SSSR count). The van der Waals surface area contributed by atoms with E-state index in [4.69, 9.17) is 0 Å². The van der Waals surface area contributed by atoms with Gasteiger partial charge in [-0.3, -0.25) is 14.6 Å². The Bertz CT molecular complexity index is 1380. The number of nitrogens with one attached hydrogen (secondary N) is 3. The third-order valence-electron chi connectivity index (χ3n) is 7.01. The largest absolute Gasteiger partial charge is 0.586 e. The van der Waals surface area contributed by atoms with Gasteiger partial charge in [-0.1, -0.05) is 25.0 Å². The summed E-state index contributed by atoms with van der Waals surface area (Å²) >= 11 is 0. The summed E-state index contributed by atoms with van der Waals surface area (Å²) in [5.41, 5.74) is 2.35. The smallest absolute Gasteiger partial charge is 0.395 e. The van der Waals surface area contributed by atoms with E-state index in [0.29, 0.717) is 30.0 Å². The van der Waals surface area contributed by atoms with E-state index < -0.39 is 12.2 Å². The van der Waals surface area contributed by atoms with Gasteiger partial charge in [0, 0.05) is 36.7 Å². The van der Waals surface area contributed by atoms with Gasteiger partial charge in [-0.15, -0.1) is 8.78 Å². The van der Waals surface area contributed by atoms with Crippen molar-refractivity contribution >= 4 is 23.2 Å². The first-order valence-electron chi connectivity index (χ1n) is 13.9. The van der Waals surface area contributed by atoms with Crippen LogP contribution in [0.4, 0.5) is 20.2 Å². The predicted octanol–water partition coefficient (Wildman–Crippen LogP) is 5.26. The SMILES string of the molecule is O=C(NCCCN1CCCCCC1)c1cc(CNc2ccccc2C(=O)Nc2ccc3c(c2)OC(F)(F)O3)ccn1. The Labute approximate surface area is 237 Å². The molecule has 1 aromatic heterocycles. The fourth-order valence-corrected chi connectivity index (χ4v) is 4.92. The molecule has 2 aliphatic heterocycles. The number of aromatic nitrogens is 1. The van der Waals surface area contributed by atoms with E-state index in [1.165, 1.54) is 43.9 Å². The number of fused-ring (bicyclic) bond motifs is 1. The molecule has 11 heteroatoms. The van der Waals surface area contributed by atoms with Crippen molar-refractivity contribution in [1.82, 2.24) is 15.2 Å². The van der Waals surface area contributed by atoms with E-state index in [0.717, 1.165) is 31.6 Å². The van der Waals surface area contributed by atoms with E-state index in [-0.39, 0.29) is 23.1 Å². The minimum atomic E-state index is -3.73. The summed E-state index contributed by atoms with van der Waals surface area (Å²) in [5.74, 6) is -0.917. The molecule has 216 valence electrons. The molecule has 0 spiro atoms. The highest BCUT2D eigenvalue weighted by molar-refractivity contribution is 6.08. The fraction of sp³-hybridized carbons (Fsp3) is 0.367. The Kier molecular flexibility index (Phi) is 8.93. The molecule has 9 nitrogen and oxygen atoms in total. The van der Waals surface area contributed by atoms with Gasteiger partial charge in [0.15, 0.2) is 11.5 Å². The lowest BCUT2D eigenvalue weighted by Crippen LogP contribution is -2.31. The molecule has 2 aliphatic rings. The molecule has 3 heterocycles. The predicted molar refractivity (Wildman–Crippen MR) is 150 cm³/mol. The van der Waals surface area contributed by atoms with Crippen LogP contribution < -0.4 is 25.4 Å². The summed E-state index contributed by atoms with van der Waals surface area (Å²) in [7, 11) is 0. The molecule has 3 aromatic rings. The molecule has 0 aliphatic carbocycles. The molecular formula is C30H33F2N5O4. The molecule has 0 radical (unpaired) electrons. The highest BCUT2D eigenvalue weighted by Gasteiger charge is 2.43. The minimum Gasteiger partial charge on any atom is -0.395 e. The van der Waals surface area contributed by atoms with Crippen LogP contribution in [0.3, 0.4) is 0 Å². The lowest BCUT2D eigenvalue weighted by molar-refractivity contribution is -0.286. The Morgan fingerprint density at radius 3 is 2.54 bits per heavy atom. The molecule has 2 aromatic carbocycles. The molecule has 41 heavy (non-hydrogen) atoms. The van der Waals surface area contributed by atoms with Crippen molar-refractivity contribution in [3.63, 3.8) is 0 Å². The van der Waals surface area contributed by atoms with Crippen LogP contribution in [0.2, 0.25) is 0 Å². The van der Waals surface area contributed by atoms with Crippen molar-refractivity contribution in [3.05, 3.63) is 77.6 Å². The monoisotopic (exact) mass is 565 g/mol. The van der Waals surface area contributed by atoms with Crippen LogP contribution in [0, 0.1) is 0 Å². The maximum atomic E-state index is 13.3. The molecule has 1 saturated heterocycles. The number of alkyl halides is 2. The first kappa shape index (κ1) is 28.3. The molecule has 1 fully saturated rings. The number of para-hydroxylation sites is 1. The average molecular weight is 566 g/mol.